The van der Waals surface area contributed by atoms with Crippen molar-refractivity contribution in [1.82, 2.24) is 0 Å². The third kappa shape index (κ3) is 1.36. The van der Waals surface area contributed by atoms with Crippen LogP contribution in [0, 0.1) is 37.5 Å². The summed E-state index contributed by atoms with van der Waals surface area (Å²) in [4.78, 5) is 27.1. The van der Waals surface area contributed by atoms with Gasteiger partial charge in [0, 0.05) is 0 Å². The van der Waals surface area contributed by atoms with Crippen molar-refractivity contribution in [2.45, 2.75) is 33.1 Å². The van der Waals surface area contributed by atoms with Gasteiger partial charge in [-0.15, -0.1) is 0 Å². The minimum Gasteiger partial charge on any atom is -0.274 e. The first kappa shape index (κ1) is 12.1. The van der Waals surface area contributed by atoms with Crippen LogP contribution in [0.4, 0.5) is 5.69 Å². The predicted octanol–water partition coefficient (Wildman–Crippen LogP) is 2.84. The normalized spacial score (nSPS) is 35.0. The number of nitrogens with zero attached hydrogens (tertiary/aromatic N) is 1. The van der Waals surface area contributed by atoms with Gasteiger partial charge in [0.05, 0.1) is 17.5 Å². The predicted molar refractivity (Wildman–Crippen MR) is 76.2 cm³/mol. The van der Waals surface area contributed by atoms with Crippen LogP contribution in [0.2, 0.25) is 0 Å². The highest BCUT2D eigenvalue weighted by Crippen LogP contribution is 2.56. The Morgan fingerprint density at radius 3 is 1.95 bits per heavy atom. The number of hydrogen-bond acceptors (Lipinski definition) is 2. The summed E-state index contributed by atoms with van der Waals surface area (Å²) in [6.45, 7) is 3.96. The Kier molecular flexibility index (Phi) is 2.39. The maximum atomic E-state index is 12.8. The highest BCUT2D eigenvalue weighted by molar-refractivity contribution is 6.23. The highest BCUT2D eigenvalue weighted by atomic mass is 16.2. The lowest BCUT2D eigenvalue weighted by molar-refractivity contribution is -0.123. The first-order valence-electron chi connectivity index (χ1n) is 7.53. The van der Waals surface area contributed by atoms with E-state index in [4.69, 9.17) is 0 Å². The van der Waals surface area contributed by atoms with Crippen LogP contribution in [0.15, 0.2) is 18.2 Å². The van der Waals surface area contributed by atoms with E-state index >= 15 is 0 Å². The topological polar surface area (TPSA) is 37.4 Å². The molecule has 0 radical (unpaired) electrons. The van der Waals surface area contributed by atoms with Gasteiger partial charge in [-0.3, -0.25) is 9.59 Å². The van der Waals surface area contributed by atoms with Crippen molar-refractivity contribution in [3.05, 3.63) is 29.3 Å². The largest absolute Gasteiger partial charge is 0.274 e. The molecule has 0 unspecified atom stereocenters. The van der Waals surface area contributed by atoms with E-state index in [0.717, 1.165) is 36.1 Å². The summed E-state index contributed by atoms with van der Waals surface area (Å²) >= 11 is 0. The van der Waals surface area contributed by atoms with Crippen LogP contribution in [-0.4, -0.2) is 11.8 Å². The van der Waals surface area contributed by atoms with Crippen molar-refractivity contribution in [3.8, 4) is 0 Å². The molecule has 20 heavy (non-hydrogen) atoms. The van der Waals surface area contributed by atoms with Gasteiger partial charge in [-0.05, 0) is 56.1 Å². The Hall–Kier alpha value is -1.64. The molecule has 2 bridgehead atoms. The van der Waals surface area contributed by atoms with E-state index in [1.54, 1.807) is 0 Å². The fraction of sp³-hybridized carbons (Fsp3) is 0.529. The number of anilines is 1. The van der Waals surface area contributed by atoms with E-state index in [0.29, 0.717) is 11.8 Å². The zero-order valence-electron chi connectivity index (χ0n) is 11.9. The minimum atomic E-state index is -0.0275. The lowest BCUT2D eigenvalue weighted by atomic mass is 9.81. The summed E-state index contributed by atoms with van der Waals surface area (Å²) in [5.74, 6) is 0.973. The molecule has 3 nitrogen and oxygen atoms in total. The number of carbonyl (C=O) groups is 2. The molecule has 1 aliphatic heterocycles. The number of hydrogen-bond donors (Lipinski definition) is 0. The monoisotopic (exact) mass is 269 g/mol. The second-order valence-electron chi connectivity index (χ2n) is 6.64. The van der Waals surface area contributed by atoms with Gasteiger partial charge in [-0.1, -0.05) is 18.2 Å². The van der Waals surface area contributed by atoms with Crippen molar-refractivity contribution in [3.63, 3.8) is 0 Å². The van der Waals surface area contributed by atoms with Gasteiger partial charge in [0.1, 0.15) is 0 Å². The van der Waals surface area contributed by atoms with Crippen LogP contribution in [-0.2, 0) is 9.59 Å². The van der Waals surface area contributed by atoms with E-state index in [1.807, 2.05) is 32.0 Å². The first-order valence-corrected chi connectivity index (χ1v) is 7.53. The fourth-order valence-corrected chi connectivity index (χ4v) is 4.79. The molecule has 1 saturated heterocycles. The maximum absolute atomic E-state index is 12.8. The van der Waals surface area contributed by atoms with Gasteiger partial charge in [-0.25, -0.2) is 4.90 Å². The molecule has 1 aromatic carbocycles. The lowest BCUT2D eigenvalue weighted by Crippen LogP contribution is -2.33. The van der Waals surface area contributed by atoms with Gasteiger partial charge < -0.3 is 0 Å². The number of carbonyl (C=O) groups excluding carboxylic acids is 2. The van der Waals surface area contributed by atoms with Gasteiger partial charge in [0.2, 0.25) is 11.8 Å². The van der Waals surface area contributed by atoms with E-state index in [9.17, 15) is 9.59 Å². The van der Waals surface area contributed by atoms with Crippen LogP contribution in [0.3, 0.4) is 0 Å². The van der Waals surface area contributed by atoms with Crippen LogP contribution in [0.5, 0.6) is 0 Å². The second-order valence-corrected chi connectivity index (χ2v) is 6.64. The number of imide groups is 1. The molecule has 4 rings (SSSR count). The Labute approximate surface area is 119 Å². The Morgan fingerprint density at radius 2 is 1.45 bits per heavy atom. The number of rotatable bonds is 1. The molecule has 0 aromatic heterocycles. The van der Waals surface area contributed by atoms with Gasteiger partial charge in [0.25, 0.3) is 0 Å². The Morgan fingerprint density at radius 1 is 0.950 bits per heavy atom. The molecule has 4 atom stereocenters. The second kappa shape index (κ2) is 3.94. The molecule has 2 aliphatic carbocycles. The average Bonchev–Trinajstić information content (AvgIpc) is 3.07. The molecule has 1 aromatic rings. The van der Waals surface area contributed by atoms with Crippen molar-refractivity contribution < 1.29 is 9.59 Å². The first-order chi connectivity index (χ1) is 9.59. The third-order valence-corrected chi connectivity index (χ3v) is 5.59. The number of benzene rings is 1. The quantitative estimate of drug-likeness (QED) is 0.735. The highest BCUT2D eigenvalue weighted by Gasteiger charge is 2.61. The molecule has 1 heterocycles. The smallest absolute Gasteiger partial charge is 0.237 e. The van der Waals surface area contributed by atoms with Crippen LogP contribution >= 0.6 is 0 Å². The summed E-state index contributed by atoms with van der Waals surface area (Å²) in [5.41, 5.74) is 2.86. The third-order valence-electron chi connectivity index (χ3n) is 5.59. The molecule has 2 saturated carbocycles. The van der Waals surface area contributed by atoms with Gasteiger partial charge in [0.15, 0.2) is 0 Å². The summed E-state index contributed by atoms with van der Waals surface area (Å²) in [5, 5.41) is 0. The summed E-state index contributed by atoms with van der Waals surface area (Å²) in [7, 11) is 0. The number of amides is 2. The van der Waals surface area contributed by atoms with Crippen LogP contribution in [0.25, 0.3) is 0 Å². The van der Waals surface area contributed by atoms with Gasteiger partial charge in [-0.2, -0.15) is 0 Å². The molecule has 104 valence electrons. The maximum Gasteiger partial charge on any atom is 0.237 e. The molecule has 3 heteroatoms. The molecule has 3 fully saturated rings. The Bertz CT molecular complexity index is 573. The van der Waals surface area contributed by atoms with E-state index in [1.165, 1.54) is 4.90 Å². The van der Waals surface area contributed by atoms with Crippen LogP contribution in [0.1, 0.15) is 30.4 Å². The zero-order valence-corrected chi connectivity index (χ0v) is 11.9. The SMILES string of the molecule is Cc1cccc(C)c1N1C(=O)[C@@H]2[C@H]3CC[C@@H](C3)[C@H]2C1=O. The van der Waals surface area contributed by atoms with E-state index in [-0.39, 0.29) is 23.7 Å². The minimum absolute atomic E-state index is 0.0275. The summed E-state index contributed by atoms with van der Waals surface area (Å²) in [6.07, 6.45) is 3.35. The number of fused-ring (bicyclic) bond motifs is 5. The standard InChI is InChI=1S/C17H19NO2/c1-9-4-3-5-10(2)15(9)18-16(19)13-11-6-7-12(8-11)14(13)17(18)20/h3-5,11-14H,6-8H2,1-2H3/t11-,12-,13+,14+/m0/s1. The van der Waals surface area contributed by atoms with Crippen molar-refractivity contribution in [2.75, 3.05) is 4.90 Å². The van der Waals surface area contributed by atoms with Crippen molar-refractivity contribution in [1.29, 1.82) is 0 Å². The number of para-hydroxylation sites is 1. The Balaban J connectivity index is 1.81. The van der Waals surface area contributed by atoms with Crippen LogP contribution < -0.4 is 4.90 Å². The molecule has 0 spiro atoms. The lowest BCUT2D eigenvalue weighted by Gasteiger charge is -2.21. The summed E-state index contributed by atoms with van der Waals surface area (Å²) < 4.78 is 0. The van der Waals surface area contributed by atoms with Gasteiger partial charge >= 0.3 is 0 Å². The van der Waals surface area contributed by atoms with Crippen molar-refractivity contribution in [2.24, 2.45) is 23.7 Å². The average molecular weight is 269 g/mol. The van der Waals surface area contributed by atoms with E-state index < -0.39 is 0 Å². The fourth-order valence-electron chi connectivity index (χ4n) is 4.79. The number of aryl methyl sites for hydroxylation is 2. The molecule has 0 N–H and O–H groups in total. The molecular formula is C17H19NO2. The molecule has 2 amide bonds. The van der Waals surface area contributed by atoms with Crippen molar-refractivity contribution >= 4 is 17.5 Å². The van der Waals surface area contributed by atoms with E-state index in [2.05, 4.69) is 0 Å². The zero-order chi connectivity index (χ0) is 14.0. The molecule has 3 aliphatic rings. The summed E-state index contributed by atoms with van der Waals surface area (Å²) in [6, 6.07) is 5.93. The molecular weight excluding hydrogens is 250 g/mol.